The van der Waals surface area contributed by atoms with Gasteiger partial charge in [0.2, 0.25) is 0 Å². The number of methoxy groups -OCH3 is 1. The highest BCUT2D eigenvalue weighted by molar-refractivity contribution is 7.86. The lowest BCUT2D eigenvalue weighted by Crippen LogP contribution is -1.99. The second kappa shape index (κ2) is 7.60. The van der Waals surface area contributed by atoms with E-state index in [9.17, 15) is 16.8 Å². The summed E-state index contributed by atoms with van der Waals surface area (Å²) in [4.78, 5) is -0.428. The van der Waals surface area contributed by atoms with Crippen molar-refractivity contribution in [3.8, 4) is 28.0 Å². The smallest absolute Gasteiger partial charge is 0.294 e. The van der Waals surface area contributed by atoms with Gasteiger partial charge >= 0.3 is 0 Å². The predicted octanol–water partition coefficient (Wildman–Crippen LogP) is 3.83. The van der Waals surface area contributed by atoms with Gasteiger partial charge in [0.1, 0.15) is 5.75 Å². The van der Waals surface area contributed by atoms with Crippen LogP contribution in [-0.4, -0.2) is 33.1 Å². The Bertz CT molecular complexity index is 1160. The molecule has 0 unspecified atom stereocenters. The van der Waals surface area contributed by atoms with Gasteiger partial charge < -0.3 is 4.74 Å². The van der Waals surface area contributed by atoms with Crippen LogP contribution < -0.4 is 4.74 Å². The van der Waals surface area contributed by atoms with Crippen molar-refractivity contribution in [1.82, 2.24) is 0 Å². The maximum absolute atomic E-state index is 11.3. The van der Waals surface area contributed by atoms with Crippen LogP contribution in [0.3, 0.4) is 0 Å². The summed E-state index contributed by atoms with van der Waals surface area (Å²) in [7, 11) is -7.09. The summed E-state index contributed by atoms with van der Waals surface area (Å²) in [6.07, 6.45) is 0. The third-order valence-corrected chi connectivity index (χ3v) is 6.10. The molecular formula is C20H18O7S2. The topological polar surface area (TPSA) is 118 Å². The maximum Gasteiger partial charge on any atom is 0.294 e. The molecule has 0 saturated carbocycles. The van der Waals surface area contributed by atoms with E-state index in [1.54, 1.807) is 24.3 Å². The highest BCUT2D eigenvalue weighted by Gasteiger charge is 2.17. The molecule has 0 atom stereocenters. The Morgan fingerprint density at radius 2 is 1.03 bits per heavy atom. The lowest BCUT2D eigenvalue weighted by Gasteiger charge is -2.16. The van der Waals surface area contributed by atoms with Gasteiger partial charge in [-0.3, -0.25) is 9.11 Å². The van der Waals surface area contributed by atoms with Crippen molar-refractivity contribution < 1.29 is 30.7 Å². The van der Waals surface area contributed by atoms with Crippen molar-refractivity contribution in [2.45, 2.75) is 16.7 Å². The Hall–Kier alpha value is -2.72. The molecule has 0 radical (unpaired) electrons. The van der Waals surface area contributed by atoms with Gasteiger partial charge in [0.05, 0.1) is 16.9 Å². The zero-order valence-electron chi connectivity index (χ0n) is 15.5. The minimum absolute atomic E-state index is 0.214. The van der Waals surface area contributed by atoms with Gasteiger partial charge in [-0.15, -0.1) is 0 Å². The SMILES string of the molecule is COc1c(-c2ccc(S(=O)(=O)O)cc2)cc(C)cc1-c1ccc(S(=O)(=O)O)cc1. The first-order valence-corrected chi connectivity index (χ1v) is 11.2. The predicted molar refractivity (Wildman–Crippen MR) is 108 cm³/mol. The standard InChI is InChI=1S/C20H18O7S2/c1-13-11-18(14-3-7-16(8-4-14)28(21,22)23)20(27-2)19(12-13)15-5-9-17(10-6-15)29(24,25)26/h3-12H,1-2H3,(H,21,22,23)(H,24,25,26). The number of rotatable bonds is 5. The summed E-state index contributed by atoms with van der Waals surface area (Å²) < 4.78 is 69.0. The first-order valence-electron chi connectivity index (χ1n) is 8.35. The largest absolute Gasteiger partial charge is 0.495 e. The third kappa shape index (κ3) is 4.48. The van der Waals surface area contributed by atoms with Crippen molar-refractivity contribution in [3.05, 3.63) is 66.2 Å². The molecule has 0 bridgehead atoms. The van der Waals surface area contributed by atoms with Crippen LogP contribution >= 0.6 is 0 Å². The Balaban J connectivity index is 2.15. The Kier molecular flexibility index (Phi) is 5.50. The fourth-order valence-corrected chi connectivity index (χ4v) is 3.99. The van der Waals surface area contributed by atoms with Gasteiger partial charge in [-0.1, -0.05) is 24.3 Å². The first-order chi connectivity index (χ1) is 13.5. The minimum atomic E-state index is -4.29. The number of ether oxygens (including phenoxy) is 1. The van der Waals surface area contributed by atoms with E-state index in [0.717, 1.165) is 5.56 Å². The zero-order valence-corrected chi connectivity index (χ0v) is 17.2. The first kappa shape index (κ1) is 21.0. The van der Waals surface area contributed by atoms with Crippen LogP contribution in [0.1, 0.15) is 5.56 Å². The van der Waals surface area contributed by atoms with Crippen LogP contribution in [0.5, 0.6) is 5.75 Å². The highest BCUT2D eigenvalue weighted by atomic mass is 32.2. The van der Waals surface area contributed by atoms with Crippen LogP contribution in [0.2, 0.25) is 0 Å². The second-order valence-corrected chi connectivity index (χ2v) is 9.24. The molecule has 0 amide bonds. The molecule has 0 spiro atoms. The lowest BCUT2D eigenvalue weighted by atomic mass is 9.95. The Morgan fingerprint density at radius 1 is 0.690 bits per heavy atom. The number of aryl methyl sites for hydroxylation is 1. The molecule has 0 fully saturated rings. The van der Waals surface area contributed by atoms with Gasteiger partial charge in [-0.05, 0) is 60.0 Å². The molecule has 3 aromatic rings. The van der Waals surface area contributed by atoms with Crippen molar-refractivity contribution in [2.24, 2.45) is 0 Å². The average molecular weight is 434 g/mol. The van der Waals surface area contributed by atoms with Crippen molar-refractivity contribution in [3.63, 3.8) is 0 Å². The molecule has 0 saturated heterocycles. The molecule has 7 nitrogen and oxygen atoms in total. The highest BCUT2D eigenvalue weighted by Crippen LogP contribution is 2.40. The third-order valence-electron chi connectivity index (χ3n) is 4.36. The molecule has 152 valence electrons. The Labute approximate surface area is 169 Å². The summed E-state index contributed by atoms with van der Waals surface area (Å²) >= 11 is 0. The van der Waals surface area contributed by atoms with E-state index in [-0.39, 0.29) is 9.79 Å². The number of benzene rings is 3. The van der Waals surface area contributed by atoms with E-state index in [2.05, 4.69) is 0 Å². The monoisotopic (exact) mass is 434 g/mol. The van der Waals surface area contributed by atoms with Gasteiger partial charge in [0, 0.05) is 11.1 Å². The molecule has 29 heavy (non-hydrogen) atoms. The van der Waals surface area contributed by atoms with Crippen molar-refractivity contribution in [2.75, 3.05) is 7.11 Å². The summed E-state index contributed by atoms with van der Waals surface area (Å²) in [5.41, 5.74) is 3.64. The van der Waals surface area contributed by atoms with Gasteiger partial charge in [-0.25, -0.2) is 0 Å². The molecule has 0 aromatic heterocycles. The van der Waals surface area contributed by atoms with E-state index < -0.39 is 20.2 Å². The van der Waals surface area contributed by atoms with Crippen LogP contribution in [0.15, 0.2) is 70.5 Å². The van der Waals surface area contributed by atoms with Crippen LogP contribution in [0, 0.1) is 6.92 Å². The molecule has 2 N–H and O–H groups in total. The summed E-state index contributed by atoms with van der Waals surface area (Å²) in [5.74, 6) is 0.509. The molecular weight excluding hydrogens is 416 g/mol. The van der Waals surface area contributed by atoms with Gasteiger partial charge in [-0.2, -0.15) is 16.8 Å². The number of hydrogen-bond acceptors (Lipinski definition) is 5. The van der Waals surface area contributed by atoms with Crippen molar-refractivity contribution in [1.29, 1.82) is 0 Å². The maximum atomic E-state index is 11.3. The van der Waals surface area contributed by atoms with E-state index in [0.29, 0.717) is 28.0 Å². The van der Waals surface area contributed by atoms with Gasteiger partial charge in [0.25, 0.3) is 20.2 Å². The lowest BCUT2D eigenvalue weighted by molar-refractivity contribution is 0.418. The molecule has 3 aromatic carbocycles. The molecule has 3 rings (SSSR count). The van der Waals surface area contributed by atoms with E-state index >= 15 is 0 Å². The van der Waals surface area contributed by atoms with Crippen LogP contribution in [0.4, 0.5) is 0 Å². The van der Waals surface area contributed by atoms with Gasteiger partial charge in [0.15, 0.2) is 0 Å². The fourth-order valence-electron chi connectivity index (χ4n) is 3.03. The zero-order chi connectivity index (χ0) is 21.4. The number of hydrogen-bond donors (Lipinski definition) is 2. The average Bonchev–Trinajstić information content (AvgIpc) is 2.66. The molecule has 0 heterocycles. The van der Waals surface area contributed by atoms with E-state index in [1.807, 2.05) is 19.1 Å². The summed E-state index contributed by atoms with van der Waals surface area (Å²) in [5, 5.41) is 0. The quantitative estimate of drug-likeness (QED) is 0.586. The molecule has 0 aliphatic carbocycles. The summed E-state index contributed by atoms with van der Waals surface area (Å²) in [6.45, 7) is 1.88. The van der Waals surface area contributed by atoms with E-state index in [1.165, 1.54) is 31.4 Å². The second-order valence-electron chi connectivity index (χ2n) is 6.39. The van der Waals surface area contributed by atoms with Crippen LogP contribution in [0.25, 0.3) is 22.3 Å². The van der Waals surface area contributed by atoms with Crippen molar-refractivity contribution >= 4 is 20.2 Å². The van der Waals surface area contributed by atoms with Crippen LogP contribution in [-0.2, 0) is 20.2 Å². The van der Waals surface area contributed by atoms with E-state index in [4.69, 9.17) is 13.8 Å². The minimum Gasteiger partial charge on any atom is -0.495 e. The molecule has 9 heteroatoms. The normalized spacial score (nSPS) is 12.0. The Morgan fingerprint density at radius 3 is 1.31 bits per heavy atom. The molecule has 0 aliphatic rings. The fraction of sp³-hybridized carbons (Fsp3) is 0.100. The summed E-state index contributed by atoms with van der Waals surface area (Å²) in [6, 6.07) is 15.2. The molecule has 0 aliphatic heterocycles.